The molecule has 2 atom stereocenters. The molecule has 2 aliphatic heterocycles. The number of sulfone groups is 1. The maximum Gasteiger partial charge on any atom is 0.244 e. The van der Waals surface area contributed by atoms with E-state index in [0.717, 1.165) is 5.69 Å². The molecule has 2 aliphatic rings. The first-order valence-electron chi connectivity index (χ1n) is 10.3. The number of halogens is 1. The van der Waals surface area contributed by atoms with Gasteiger partial charge in [-0.15, -0.1) is 0 Å². The van der Waals surface area contributed by atoms with Crippen LogP contribution in [0.4, 0.5) is 15.8 Å². The first kappa shape index (κ1) is 22.6. The highest BCUT2D eigenvalue weighted by Gasteiger charge is 2.44. The average molecular weight is 478 g/mol. The van der Waals surface area contributed by atoms with Crippen LogP contribution in [-0.4, -0.2) is 55.4 Å². The summed E-state index contributed by atoms with van der Waals surface area (Å²) < 4.78 is 43.2. The molecular formula is C22H24FN3O4S2. The van der Waals surface area contributed by atoms with Crippen LogP contribution < -0.4 is 15.0 Å². The van der Waals surface area contributed by atoms with Crippen LogP contribution in [0, 0.1) is 12.7 Å². The summed E-state index contributed by atoms with van der Waals surface area (Å²) in [5.74, 6) is 0.0901. The SMILES string of the molecule is CCOc1ccc(N(CC(=O)Nc2ccc(C)c(F)c2)C2=N[C@H]3CS(=O)(=O)C[C@@H]3S2)cc1. The quantitative estimate of drug-likeness (QED) is 0.687. The minimum absolute atomic E-state index is 0.0279. The number of carbonyl (C=O) groups is 1. The molecule has 2 heterocycles. The van der Waals surface area contributed by atoms with Crippen LogP contribution in [0.3, 0.4) is 0 Å². The van der Waals surface area contributed by atoms with E-state index in [0.29, 0.717) is 28.8 Å². The van der Waals surface area contributed by atoms with Crippen molar-refractivity contribution in [3.05, 3.63) is 53.8 Å². The van der Waals surface area contributed by atoms with Crippen molar-refractivity contribution in [2.45, 2.75) is 25.1 Å². The zero-order valence-corrected chi connectivity index (χ0v) is 19.4. The van der Waals surface area contributed by atoms with Gasteiger partial charge in [-0.2, -0.15) is 0 Å². The van der Waals surface area contributed by atoms with Gasteiger partial charge in [-0.3, -0.25) is 9.79 Å². The summed E-state index contributed by atoms with van der Waals surface area (Å²) in [4.78, 5) is 19.2. The summed E-state index contributed by atoms with van der Waals surface area (Å²) in [5.41, 5.74) is 1.60. The molecule has 1 fully saturated rings. The lowest BCUT2D eigenvalue weighted by Gasteiger charge is -2.24. The zero-order valence-electron chi connectivity index (χ0n) is 17.7. The average Bonchev–Trinajstić information content (AvgIpc) is 3.23. The predicted molar refractivity (Wildman–Crippen MR) is 126 cm³/mol. The van der Waals surface area contributed by atoms with Gasteiger partial charge in [0.1, 0.15) is 18.1 Å². The number of hydrogen-bond donors (Lipinski definition) is 1. The third-order valence-corrected chi connectivity index (χ3v) is 8.50. The monoisotopic (exact) mass is 477 g/mol. The molecule has 2 aromatic rings. The number of nitrogens with zero attached hydrogens (tertiary/aromatic N) is 2. The second-order valence-electron chi connectivity index (χ2n) is 7.74. The number of fused-ring (bicyclic) bond motifs is 1. The Labute approximate surface area is 191 Å². The number of hydrogen-bond acceptors (Lipinski definition) is 7. The second-order valence-corrected chi connectivity index (χ2v) is 11.1. The molecule has 0 unspecified atom stereocenters. The summed E-state index contributed by atoms with van der Waals surface area (Å²) in [6.45, 7) is 4.04. The van der Waals surface area contributed by atoms with Crippen LogP contribution in [0.5, 0.6) is 5.75 Å². The summed E-state index contributed by atoms with van der Waals surface area (Å²) in [5, 5.41) is 3.18. The van der Waals surface area contributed by atoms with Gasteiger partial charge in [0.15, 0.2) is 15.0 Å². The molecule has 0 saturated carbocycles. The minimum Gasteiger partial charge on any atom is -0.494 e. The number of thioether (sulfide) groups is 1. The first-order valence-corrected chi connectivity index (χ1v) is 13.0. The van der Waals surface area contributed by atoms with E-state index in [4.69, 9.17) is 4.74 Å². The number of rotatable bonds is 6. The van der Waals surface area contributed by atoms with Crippen molar-refractivity contribution in [3.8, 4) is 5.75 Å². The Morgan fingerprint density at radius 1 is 1.25 bits per heavy atom. The van der Waals surface area contributed by atoms with Gasteiger partial charge in [-0.25, -0.2) is 12.8 Å². The topological polar surface area (TPSA) is 88.1 Å². The van der Waals surface area contributed by atoms with Crippen molar-refractivity contribution in [3.63, 3.8) is 0 Å². The molecule has 0 bridgehead atoms. The van der Waals surface area contributed by atoms with E-state index in [2.05, 4.69) is 10.3 Å². The van der Waals surface area contributed by atoms with Crippen LogP contribution in [-0.2, 0) is 14.6 Å². The highest BCUT2D eigenvalue weighted by Crippen LogP contribution is 2.37. The molecule has 4 rings (SSSR count). The van der Waals surface area contributed by atoms with Crippen molar-refractivity contribution in [2.24, 2.45) is 4.99 Å². The van der Waals surface area contributed by atoms with E-state index in [-0.39, 0.29) is 35.2 Å². The Morgan fingerprint density at radius 3 is 2.66 bits per heavy atom. The zero-order chi connectivity index (χ0) is 22.9. The molecule has 1 amide bonds. The number of aliphatic imine (C=N–C) groups is 1. The third-order valence-electron chi connectivity index (χ3n) is 5.25. The summed E-state index contributed by atoms with van der Waals surface area (Å²) in [6.07, 6.45) is 0. The Hall–Kier alpha value is -2.59. The molecule has 1 N–H and O–H groups in total. The van der Waals surface area contributed by atoms with Gasteiger partial charge in [0, 0.05) is 16.6 Å². The van der Waals surface area contributed by atoms with Gasteiger partial charge in [0.2, 0.25) is 5.91 Å². The van der Waals surface area contributed by atoms with Gasteiger partial charge in [-0.05, 0) is 55.8 Å². The van der Waals surface area contributed by atoms with E-state index >= 15 is 0 Å². The van der Waals surface area contributed by atoms with Crippen LogP contribution in [0.1, 0.15) is 12.5 Å². The fourth-order valence-corrected chi connectivity index (χ4v) is 7.42. The number of amidine groups is 1. The molecular weight excluding hydrogens is 453 g/mol. The van der Waals surface area contributed by atoms with Crippen LogP contribution in [0.15, 0.2) is 47.5 Å². The number of carbonyl (C=O) groups excluding carboxylic acids is 1. The highest BCUT2D eigenvalue weighted by atomic mass is 32.2. The molecule has 2 aromatic carbocycles. The van der Waals surface area contributed by atoms with E-state index in [1.807, 2.05) is 31.2 Å². The fourth-order valence-electron chi connectivity index (χ4n) is 3.64. The van der Waals surface area contributed by atoms with Crippen LogP contribution >= 0.6 is 11.8 Å². The van der Waals surface area contributed by atoms with Gasteiger partial charge >= 0.3 is 0 Å². The lowest BCUT2D eigenvalue weighted by Crippen LogP contribution is -2.36. The molecule has 1 saturated heterocycles. The van der Waals surface area contributed by atoms with Crippen molar-refractivity contribution in [2.75, 3.05) is 34.9 Å². The maximum absolute atomic E-state index is 13.9. The number of anilines is 2. The Morgan fingerprint density at radius 2 is 2.00 bits per heavy atom. The Bertz CT molecular complexity index is 1150. The molecule has 0 aliphatic carbocycles. The summed E-state index contributed by atoms with van der Waals surface area (Å²) >= 11 is 1.38. The number of ether oxygens (including phenoxy) is 1. The van der Waals surface area contributed by atoms with Crippen molar-refractivity contribution >= 4 is 44.0 Å². The van der Waals surface area contributed by atoms with Crippen molar-refractivity contribution in [1.82, 2.24) is 0 Å². The molecule has 32 heavy (non-hydrogen) atoms. The van der Waals surface area contributed by atoms with E-state index in [9.17, 15) is 17.6 Å². The molecule has 0 aromatic heterocycles. The number of nitrogens with one attached hydrogen (secondary N) is 1. The lowest BCUT2D eigenvalue weighted by molar-refractivity contribution is -0.114. The molecule has 170 valence electrons. The maximum atomic E-state index is 13.9. The normalized spacial score (nSPS) is 21.0. The molecule has 7 nitrogen and oxygen atoms in total. The fraction of sp³-hybridized carbons (Fsp3) is 0.364. The third kappa shape index (κ3) is 5.07. The minimum atomic E-state index is -3.08. The summed E-state index contributed by atoms with van der Waals surface area (Å²) in [7, 11) is -3.08. The smallest absolute Gasteiger partial charge is 0.244 e. The van der Waals surface area contributed by atoms with E-state index < -0.39 is 15.7 Å². The lowest BCUT2D eigenvalue weighted by atomic mass is 10.2. The standard InChI is InChI=1S/C22H24FN3O4S2/c1-3-30-17-8-6-16(7-9-17)26(22-25-19-12-32(28,29)13-20(19)31-22)11-21(27)24-15-5-4-14(2)18(23)10-15/h4-10,19-20H,3,11-13H2,1-2H3,(H,24,27)/t19-,20-/m0/s1. The second kappa shape index (κ2) is 9.11. The van der Waals surface area contributed by atoms with Crippen LogP contribution in [0.2, 0.25) is 0 Å². The highest BCUT2D eigenvalue weighted by molar-refractivity contribution is 8.15. The van der Waals surface area contributed by atoms with E-state index in [1.165, 1.54) is 17.8 Å². The number of amides is 1. The van der Waals surface area contributed by atoms with Crippen molar-refractivity contribution in [1.29, 1.82) is 0 Å². The first-order chi connectivity index (χ1) is 15.2. The van der Waals surface area contributed by atoms with Crippen molar-refractivity contribution < 1.29 is 22.3 Å². The molecule has 0 spiro atoms. The summed E-state index contributed by atoms with van der Waals surface area (Å²) in [6, 6.07) is 11.5. The van der Waals surface area contributed by atoms with Crippen LogP contribution in [0.25, 0.3) is 0 Å². The Kier molecular flexibility index (Phi) is 6.43. The van der Waals surface area contributed by atoms with Gasteiger partial charge in [0.05, 0.1) is 24.2 Å². The van der Waals surface area contributed by atoms with Gasteiger partial charge in [-0.1, -0.05) is 17.8 Å². The number of benzene rings is 2. The van der Waals surface area contributed by atoms with E-state index in [1.54, 1.807) is 24.0 Å². The van der Waals surface area contributed by atoms with Gasteiger partial charge < -0.3 is 15.0 Å². The number of aryl methyl sites for hydroxylation is 1. The molecule has 0 radical (unpaired) electrons. The predicted octanol–water partition coefficient (Wildman–Crippen LogP) is 3.25. The molecule has 10 heteroatoms. The van der Waals surface area contributed by atoms with Gasteiger partial charge in [0.25, 0.3) is 0 Å². The largest absolute Gasteiger partial charge is 0.494 e. The Balaban J connectivity index is 1.56.